The number of benzene rings is 1. The molecule has 1 aromatic carbocycles. The molecule has 1 fully saturated rings. The highest BCUT2D eigenvalue weighted by molar-refractivity contribution is 5.89. The topological polar surface area (TPSA) is 35.5 Å². The molecular weight excluding hydrogens is 456 g/mol. The fraction of sp³-hybridized carbons (Fsp3) is 0.794. The summed E-state index contributed by atoms with van der Waals surface area (Å²) in [7, 11) is 0. The lowest BCUT2D eigenvalue weighted by molar-refractivity contribution is 0.0319. The fourth-order valence-electron chi connectivity index (χ4n) is 5.79. The van der Waals surface area contributed by atoms with Crippen LogP contribution in [0.3, 0.4) is 0 Å². The summed E-state index contributed by atoms with van der Waals surface area (Å²) in [5, 5.41) is 0. The number of carbonyl (C=O) groups is 1. The molecule has 0 amide bonds. The SMILES string of the molecule is CCCCCCCCCCC1CCC(CCCOc2ccc(C(=O)O[C@@H](C)CCCCCC)cc2)CC1. The van der Waals surface area contributed by atoms with Crippen LogP contribution in [0.1, 0.15) is 160 Å². The molecule has 3 nitrogen and oxygen atoms in total. The van der Waals surface area contributed by atoms with Gasteiger partial charge in [-0.1, -0.05) is 117 Å². The first-order chi connectivity index (χ1) is 18.1. The molecule has 1 saturated carbocycles. The molecule has 1 atom stereocenters. The van der Waals surface area contributed by atoms with Crippen molar-refractivity contribution in [2.45, 2.75) is 155 Å². The second-order valence-electron chi connectivity index (χ2n) is 11.7. The third-order valence-corrected chi connectivity index (χ3v) is 8.32. The Kier molecular flexibility index (Phi) is 17.5. The van der Waals surface area contributed by atoms with Gasteiger partial charge in [0, 0.05) is 0 Å². The van der Waals surface area contributed by atoms with Crippen molar-refractivity contribution in [1.82, 2.24) is 0 Å². The highest BCUT2D eigenvalue weighted by atomic mass is 16.5. The van der Waals surface area contributed by atoms with Crippen LogP contribution in [0, 0.1) is 11.8 Å². The predicted molar refractivity (Wildman–Crippen MR) is 157 cm³/mol. The Hall–Kier alpha value is -1.51. The van der Waals surface area contributed by atoms with E-state index in [1.165, 1.54) is 109 Å². The first kappa shape index (κ1) is 31.7. The minimum absolute atomic E-state index is 0.0274. The van der Waals surface area contributed by atoms with Crippen molar-refractivity contribution in [2.75, 3.05) is 6.61 Å². The molecule has 0 spiro atoms. The second-order valence-corrected chi connectivity index (χ2v) is 11.7. The summed E-state index contributed by atoms with van der Waals surface area (Å²) in [6.45, 7) is 7.25. The van der Waals surface area contributed by atoms with Gasteiger partial charge < -0.3 is 9.47 Å². The number of rotatable bonds is 21. The predicted octanol–water partition coefficient (Wildman–Crippen LogP) is 10.7. The molecule has 1 aliphatic rings. The molecule has 37 heavy (non-hydrogen) atoms. The van der Waals surface area contributed by atoms with E-state index in [2.05, 4.69) is 13.8 Å². The zero-order chi connectivity index (χ0) is 26.6. The van der Waals surface area contributed by atoms with Crippen molar-refractivity contribution < 1.29 is 14.3 Å². The number of ether oxygens (including phenoxy) is 2. The highest BCUT2D eigenvalue weighted by Crippen LogP contribution is 2.34. The van der Waals surface area contributed by atoms with E-state index in [9.17, 15) is 4.79 Å². The van der Waals surface area contributed by atoms with Crippen LogP contribution in [0.15, 0.2) is 24.3 Å². The number of hydrogen-bond donors (Lipinski definition) is 0. The lowest BCUT2D eigenvalue weighted by Crippen LogP contribution is -2.15. The number of hydrogen-bond acceptors (Lipinski definition) is 3. The van der Waals surface area contributed by atoms with E-state index >= 15 is 0 Å². The zero-order valence-electron chi connectivity index (χ0n) is 24.6. The van der Waals surface area contributed by atoms with Crippen LogP contribution in [0.5, 0.6) is 5.75 Å². The maximum Gasteiger partial charge on any atom is 0.338 e. The first-order valence-electron chi connectivity index (χ1n) is 16.1. The fourth-order valence-corrected chi connectivity index (χ4v) is 5.79. The Morgan fingerprint density at radius 2 is 1.24 bits per heavy atom. The Morgan fingerprint density at radius 1 is 0.730 bits per heavy atom. The van der Waals surface area contributed by atoms with Crippen LogP contribution in [-0.2, 0) is 4.74 Å². The number of esters is 1. The van der Waals surface area contributed by atoms with Crippen molar-refractivity contribution in [3.05, 3.63) is 29.8 Å². The van der Waals surface area contributed by atoms with Crippen molar-refractivity contribution in [1.29, 1.82) is 0 Å². The first-order valence-corrected chi connectivity index (χ1v) is 16.1. The molecule has 0 radical (unpaired) electrons. The van der Waals surface area contributed by atoms with Gasteiger partial charge in [-0.3, -0.25) is 0 Å². The Bertz CT molecular complexity index is 675. The summed E-state index contributed by atoms with van der Waals surface area (Å²) < 4.78 is 11.6. The van der Waals surface area contributed by atoms with Crippen LogP contribution in [0.25, 0.3) is 0 Å². The van der Waals surface area contributed by atoms with E-state index in [0.717, 1.165) is 43.5 Å². The van der Waals surface area contributed by atoms with E-state index in [1.54, 1.807) is 0 Å². The van der Waals surface area contributed by atoms with Crippen LogP contribution in [-0.4, -0.2) is 18.7 Å². The maximum absolute atomic E-state index is 12.4. The van der Waals surface area contributed by atoms with Gasteiger partial charge in [0.15, 0.2) is 0 Å². The molecular formula is C34H58O3. The van der Waals surface area contributed by atoms with Gasteiger partial charge >= 0.3 is 5.97 Å². The molecule has 0 N–H and O–H groups in total. The highest BCUT2D eigenvalue weighted by Gasteiger charge is 2.20. The molecule has 0 heterocycles. The summed E-state index contributed by atoms with van der Waals surface area (Å²) >= 11 is 0. The third kappa shape index (κ3) is 14.9. The molecule has 0 bridgehead atoms. The molecule has 0 aliphatic heterocycles. The summed E-state index contributed by atoms with van der Waals surface area (Å²) in [6, 6.07) is 7.46. The van der Waals surface area contributed by atoms with Crippen LogP contribution in [0.4, 0.5) is 0 Å². The number of carbonyl (C=O) groups excluding carboxylic acids is 1. The van der Waals surface area contributed by atoms with Crippen molar-refractivity contribution in [3.63, 3.8) is 0 Å². The third-order valence-electron chi connectivity index (χ3n) is 8.32. The summed E-state index contributed by atoms with van der Waals surface area (Å²) in [5.41, 5.74) is 0.608. The standard InChI is InChI=1S/C34H58O3/c1-4-6-8-10-11-12-13-15-18-30-20-22-31(23-21-30)19-16-28-36-33-26-24-32(25-27-33)34(35)37-29(3)17-14-9-7-5-2/h24-27,29-31H,4-23,28H2,1-3H3/t29-,30?,31?/m0/s1. The average molecular weight is 515 g/mol. The van der Waals surface area contributed by atoms with Crippen molar-refractivity contribution in [3.8, 4) is 5.75 Å². The van der Waals surface area contributed by atoms with E-state index in [4.69, 9.17) is 9.47 Å². The normalized spacial score (nSPS) is 18.5. The Balaban J connectivity index is 1.49. The Morgan fingerprint density at radius 3 is 1.84 bits per heavy atom. The number of unbranched alkanes of at least 4 members (excludes halogenated alkanes) is 10. The minimum Gasteiger partial charge on any atom is -0.494 e. The largest absolute Gasteiger partial charge is 0.494 e. The molecule has 2 rings (SSSR count). The van der Waals surface area contributed by atoms with Gasteiger partial charge in [0.25, 0.3) is 0 Å². The smallest absolute Gasteiger partial charge is 0.338 e. The van der Waals surface area contributed by atoms with Crippen LogP contribution < -0.4 is 4.74 Å². The average Bonchev–Trinajstić information content (AvgIpc) is 2.91. The molecule has 0 unspecified atom stereocenters. The summed E-state index contributed by atoms with van der Waals surface area (Å²) in [5.74, 6) is 2.49. The van der Waals surface area contributed by atoms with Gasteiger partial charge in [0.05, 0.1) is 18.3 Å². The van der Waals surface area contributed by atoms with Gasteiger partial charge in [-0.2, -0.15) is 0 Å². The van der Waals surface area contributed by atoms with Gasteiger partial charge in [-0.15, -0.1) is 0 Å². The van der Waals surface area contributed by atoms with E-state index in [0.29, 0.717) is 5.56 Å². The monoisotopic (exact) mass is 514 g/mol. The minimum atomic E-state index is -0.229. The lowest BCUT2D eigenvalue weighted by Gasteiger charge is -2.28. The molecule has 1 aliphatic carbocycles. The van der Waals surface area contributed by atoms with Crippen molar-refractivity contribution in [2.24, 2.45) is 11.8 Å². The van der Waals surface area contributed by atoms with Crippen LogP contribution >= 0.6 is 0 Å². The molecule has 0 saturated heterocycles. The second kappa shape index (κ2) is 20.5. The maximum atomic E-state index is 12.4. The Labute approximate surface area is 229 Å². The molecule has 3 heteroatoms. The summed E-state index contributed by atoms with van der Waals surface area (Å²) in [4.78, 5) is 12.4. The quantitative estimate of drug-likeness (QED) is 0.121. The van der Waals surface area contributed by atoms with Crippen molar-refractivity contribution >= 4 is 5.97 Å². The lowest BCUT2D eigenvalue weighted by atomic mass is 9.78. The van der Waals surface area contributed by atoms with Gasteiger partial charge in [0.2, 0.25) is 0 Å². The summed E-state index contributed by atoms with van der Waals surface area (Å²) in [6.07, 6.45) is 26.7. The molecule has 1 aromatic rings. The molecule has 0 aromatic heterocycles. The van der Waals surface area contributed by atoms with Gasteiger partial charge in [-0.05, 0) is 68.7 Å². The molecule has 212 valence electrons. The van der Waals surface area contributed by atoms with E-state index in [1.807, 2.05) is 31.2 Å². The van der Waals surface area contributed by atoms with Crippen LogP contribution in [0.2, 0.25) is 0 Å². The van der Waals surface area contributed by atoms with E-state index in [-0.39, 0.29) is 12.1 Å². The zero-order valence-corrected chi connectivity index (χ0v) is 24.6. The van der Waals surface area contributed by atoms with Gasteiger partial charge in [0.1, 0.15) is 5.75 Å². The van der Waals surface area contributed by atoms with E-state index < -0.39 is 0 Å². The van der Waals surface area contributed by atoms with Gasteiger partial charge in [-0.25, -0.2) is 4.79 Å².